The zero-order valence-corrected chi connectivity index (χ0v) is 14.2. The second-order valence-electron chi connectivity index (χ2n) is 5.05. The Bertz CT molecular complexity index is 841. The molecular formula is C19H15BrO3. The van der Waals surface area contributed by atoms with E-state index in [9.17, 15) is 4.79 Å². The molecule has 0 radical (unpaired) electrons. The first-order valence-electron chi connectivity index (χ1n) is 7.16. The van der Waals surface area contributed by atoms with Crippen LogP contribution in [0.4, 0.5) is 0 Å². The molecule has 116 valence electrons. The molecule has 3 aromatic carbocycles. The highest BCUT2D eigenvalue weighted by Crippen LogP contribution is 2.25. The Balaban J connectivity index is 1.96. The molecule has 0 atom stereocenters. The molecule has 23 heavy (non-hydrogen) atoms. The number of carbonyl (C=O) groups excluding carboxylic acids is 1. The van der Waals surface area contributed by atoms with Crippen molar-refractivity contribution in [1.82, 2.24) is 0 Å². The average molecular weight is 371 g/mol. The fraction of sp³-hybridized carbons (Fsp3) is 0.105. The van der Waals surface area contributed by atoms with Gasteiger partial charge in [-0.3, -0.25) is 0 Å². The van der Waals surface area contributed by atoms with Crippen molar-refractivity contribution >= 4 is 32.7 Å². The smallest absolute Gasteiger partial charge is 0.338 e. The monoisotopic (exact) mass is 370 g/mol. The molecule has 0 amide bonds. The molecule has 0 aliphatic carbocycles. The largest absolute Gasteiger partial charge is 0.489 e. The summed E-state index contributed by atoms with van der Waals surface area (Å²) in [4.78, 5) is 12.2. The third-order valence-corrected chi connectivity index (χ3v) is 4.14. The van der Waals surface area contributed by atoms with Gasteiger partial charge in [0.25, 0.3) is 0 Å². The van der Waals surface area contributed by atoms with Crippen molar-refractivity contribution in [2.24, 2.45) is 0 Å². The van der Waals surface area contributed by atoms with Gasteiger partial charge in [-0.2, -0.15) is 0 Å². The molecule has 0 fully saturated rings. The van der Waals surface area contributed by atoms with Crippen LogP contribution in [0.15, 0.2) is 65.1 Å². The molecule has 0 unspecified atom stereocenters. The number of fused-ring (bicyclic) bond motifs is 1. The number of hydrogen-bond acceptors (Lipinski definition) is 3. The maximum atomic E-state index is 12.2. The summed E-state index contributed by atoms with van der Waals surface area (Å²) in [7, 11) is 1.39. The van der Waals surface area contributed by atoms with Crippen LogP contribution < -0.4 is 4.74 Å². The molecule has 3 rings (SSSR count). The molecule has 0 N–H and O–H groups in total. The summed E-state index contributed by atoms with van der Waals surface area (Å²) < 4.78 is 11.7. The van der Waals surface area contributed by atoms with E-state index >= 15 is 0 Å². The number of hydrogen-bond donors (Lipinski definition) is 0. The van der Waals surface area contributed by atoms with Crippen molar-refractivity contribution in [3.05, 3.63) is 76.3 Å². The van der Waals surface area contributed by atoms with Crippen LogP contribution in [0.25, 0.3) is 10.8 Å². The first kappa shape index (κ1) is 15.6. The SMILES string of the molecule is COC(=O)c1c(COc2ccc(Br)cc2)ccc2ccccc12. The minimum Gasteiger partial charge on any atom is -0.489 e. The number of halogens is 1. The number of esters is 1. The van der Waals surface area contributed by atoms with Crippen LogP contribution in [-0.2, 0) is 11.3 Å². The van der Waals surface area contributed by atoms with Crippen LogP contribution in [0.3, 0.4) is 0 Å². The molecule has 3 nitrogen and oxygen atoms in total. The number of rotatable bonds is 4. The van der Waals surface area contributed by atoms with Gasteiger partial charge in [0.1, 0.15) is 12.4 Å². The number of methoxy groups -OCH3 is 1. The van der Waals surface area contributed by atoms with Gasteiger partial charge in [0.15, 0.2) is 0 Å². The van der Waals surface area contributed by atoms with Gasteiger partial charge in [-0.05, 0) is 35.0 Å². The highest BCUT2D eigenvalue weighted by atomic mass is 79.9. The van der Waals surface area contributed by atoms with Crippen LogP contribution in [0.2, 0.25) is 0 Å². The van der Waals surface area contributed by atoms with E-state index < -0.39 is 0 Å². The molecule has 0 aliphatic rings. The molecule has 0 saturated carbocycles. The van der Waals surface area contributed by atoms with Gasteiger partial charge >= 0.3 is 5.97 Å². The molecule has 0 saturated heterocycles. The van der Waals surface area contributed by atoms with Crippen LogP contribution in [0, 0.1) is 0 Å². The lowest BCUT2D eigenvalue weighted by atomic mass is 9.99. The van der Waals surface area contributed by atoms with Crippen molar-refractivity contribution in [2.45, 2.75) is 6.61 Å². The lowest BCUT2D eigenvalue weighted by Crippen LogP contribution is -2.09. The van der Waals surface area contributed by atoms with Crippen molar-refractivity contribution in [3.8, 4) is 5.75 Å². The quantitative estimate of drug-likeness (QED) is 0.608. The molecule has 0 spiro atoms. The van der Waals surface area contributed by atoms with Gasteiger partial charge in [0, 0.05) is 10.0 Å². The molecule has 0 bridgehead atoms. The van der Waals surface area contributed by atoms with Gasteiger partial charge in [-0.1, -0.05) is 52.3 Å². The van der Waals surface area contributed by atoms with E-state index in [0.717, 1.165) is 26.6 Å². The number of carbonyl (C=O) groups is 1. The summed E-state index contributed by atoms with van der Waals surface area (Å²) >= 11 is 3.39. The van der Waals surface area contributed by atoms with Crippen LogP contribution in [0.1, 0.15) is 15.9 Å². The molecule has 0 aromatic heterocycles. The van der Waals surface area contributed by atoms with Crippen LogP contribution in [0.5, 0.6) is 5.75 Å². The van der Waals surface area contributed by atoms with E-state index in [1.807, 2.05) is 60.7 Å². The first-order chi connectivity index (χ1) is 11.2. The van der Waals surface area contributed by atoms with E-state index in [2.05, 4.69) is 15.9 Å². The summed E-state index contributed by atoms with van der Waals surface area (Å²) in [6.45, 7) is 0.302. The van der Waals surface area contributed by atoms with Crippen LogP contribution >= 0.6 is 15.9 Å². The predicted molar refractivity (Wildman–Crippen MR) is 93.8 cm³/mol. The Morgan fingerprint density at radius 1 is 1.00 bits per heavy atom. The predicted octanol–water partition coefficient (Wildman–Crippen LogP) is 4.97. The molecular weight excluding hydrogens is 356 g/mol. The fourth-order valence-corrected chi connectivity index (χ4v) is 2.74. The van der Waals surface area contributed by atoms with Gasteiger partial charge in [0.2, 0.25) is 0 Å². The minimum atomic E-state index is -0.351. The summed E-state index contributed by atoms with van der Waals surface area (Å²) in [6.07, 6.45) is 0. The third-order valence-electron chi connectivity index (χ3n) is 3.61. The number of benzene rings is 3. The Morgan fingerprint density at radius 2 is 1.74 bits per heavy atom. The summed E-state index contributed by atoms with van der Waals surface area (Å²) in [5, 5.41) is 1.87. The molecule has 3 aromatic rings. The zero-order chi connectivity index (χ0) is 16.2. The third kappa shape index (κ3) is 3.37. The zero-order valence-electron chi connectivity index (χ0n) is 12.6. The van der Waals surface area contributed by atoms with Crippen molar-refractivity contribution in [1.29, 1.82) is 0 Å². The Hall–Kier alpha value is -2.33. The normalized spacial score (nSPS) is 10.5. The topological polar surface area (TPSA) is 35.5 Å². The fourth-order valence-electron chi connectivity index (χ4n) is 2.47. The maximum absolute atomic E-state index is 12.2. The Kier molecular flexibility index (Phi) is 4.63. The molecule has 0 heterocycles. The van der Waals surface area contributed by atoms with E-state index in [4.69, 9.17) is 9.47 Å². The Labute approximate surface area is 143 Å². The average Bonchev–Trinajstić information content (AvgIpc) is 2.60. The van der Waals surface area contributed by atoms with Gasteiger partial charge in [-0.25, -0.2) is 4.79 Å². The minimum absolute atomic E-state index is 0.302. The van der Waals surface area contributed by atoms with Gasteiger partial charge < -0.3 is 9.47 Å². The number of ether oxygens (including phenoxy) is 2. The summed E-state index contributed by atoms with van der Waals surface area (Å²) in [6, 6.07) is 19.2. The highest BCUT2D eigenvalue weighted by Gasteiger charge is 2.16. The first-order valence-corrected chi connectivity index (χ1v) is 7.95. The summed E-state index contributed by atoms with van der Waals surface area (Å²) in [5.41, 5.74) is 1.36. The van der Waals surface area contributed by atoms with E-state index in [-0.39, 0.29) is 5.97 Å². The van der Waals surface area contributed by atoms with Gasteiger partial charge in [0.05, 0.1) is 12.7 Å². The van der Waals surface area contributed by atoms with Crippen molar-refractivity contribution in [2.75, 3.05) is 7.11 Å². The van der Waals surface area contributed by atoms with E-state index in [1.54, 1.807) is 0 Å². The lowest BCUT2D eigenvalue weighted by Gasteiger charge is -2.12. The summed E-state index contributed by atoms with van der Waals surface area (Å²) in [5.74, 6) is 0.397. The Morgan fingerprint density at radius 3 is 2.48 bits per heavy atom. The van der Waals surface area contributed by atoms with Crippen molar-refractivity contribution < 1.29 is 14.3 Å². The van der Waals surface area contributed by atoms with Crippen LogP contribution in [-0.4, -0.2) is 13.1 Å². The van der Waals surface area contributed by atoms with E-state index in [0.29, 0.717) is 12.2 Å². The lowest BCUT2D eigenvalue weighted by molar-refractivity contribution is 0.0600. The second-order valence-corrected chi connectivity index (χ2v) is 5.97. The second kappa shape index (κ2) is 6.84. The van der Waals surface area contributed by atoms with Gasteiger partial charge in [-0.15, -0.1) is 0 Å². The van der Waals surface area contributed by atoms with Crippen molar-refractivity contribution in [3.63, 3.8) is 0 Å². The molecule has 0 aliphatic heterocycles. The molecule has 4 heteroatoms. The van der Waals surface area contributed by atoms with E-state index in [1.165, 1.54) is 7.11 Å². The standard InChI is InChI=1S/C19H15BrO3/c1-22-19(21)18-14(7-6-13-4-2-3-5-17(13)18)12-23-16-10-8-15(20)9-11-16/h2-11H,12H2,1H3. The maximum Gasteiger partial charge on any atom is 0.338 e. The highest BCUT2D eigenvalue weighted by molar-refractivity contribution is 9.10.